The van der Waals surface area contributed by atoms with Crippen molar-refractivity contribution in [3.63, 3.8) is 0 Å². The highest BCUT2D eigenvalue weighted by Crippen LogP contribution is 2.13. The van der Waals surface area contributed by atoms with Gasteiger partial charge in [0, 0.05) is 24.7 Å². The molecule has 5 N–H and O–H groups in total. The number of nitrogens with one attached hydrogen (secondary N) is 2. The Morgan fingerprint density at radius 3 is 2.74 bits per heavy atom. The molecule has 1 aromatic carbocycles. The monoisotopic (exact) mass is 335 g/mol. The number of nitrogens with two attached hydrogens (primary N) is 1. The van der Waals surface area contributed by atoms with Crippen LogP contribution in [-0.4, -0.2) is 33.5 Å². The molecule has 0 atom stereocenters. The maximum atomic E-state index is 11.8. The van der Waals surface area contributed by atoms with Crippen LogP contribution in [-0.2, 0) is 4.79 Å². The van der Waals surface area contributed by atoms with Gasteiger partial charge in [-0.2, -0.15) is 4.98 Å². The van der Waals surface area contributed by atoms with Crippen LogP contribution in [0.15, 0.2) is 30.3 Å². The number of rotatable bonds is 6. The summed E-state index contributed by atoms with van der Waals surface area (Å²) in [4.78, 5) is 30.3. The fourth-order valence-electron chi connectivity index (χ4n) is 1.78. The van der Waals surface area contributed by atoms with Crippen LogP contribution in [0.5, 0.6) is 0 Å². The van der Waals surface area contributed by atoms with E-state index in [0.717, 1.165) is 0 Å². The van der Waals surface area contributed by atoms with E-state index < -0.39 is 5.97 Å². The molecule has 0 saturated heterocycles. The lowest BCUT2D eigenvalue weighted by Crippen LogP contribution is -2.17. The summed E-state index contributed by atoms with van der Waals surface area (Å²) < 4.78 is 0. The Hall–Kier alpha value is -2.87. The van der Waals surface area contributed by atoms with Crippen molar-refractivity contribution in [2.75, 3.05) is 22.9 Å². The fourth-order valence-corrected chi connectivity index (χ4v) is 1.97. The predicted molar refractivity (Wildman–Crippen MR) is 86.6 cm³/mol. The number of hydrogen-bond donors (Lipinski definition) is 4. The molecule has 0 saturated carbocycles. The molecule has 1 amide bonds. The van der Waals surface area contributed by atoms with E-state index >= 15 is 0 Å². The number of nitrogens with zero attached hydrogens (tertiary/aromatic N) is 2. The molecule has 0 radical (unpaired) electrons. The minimum atomic E-state index is -1.05. The summed E-state index contributed by atoms with van der Waals surface area (Å²) in [7, 11) is 0. The summed E-state index contributed by atoms with van der Waals surface area (Å²) >= 11 is 5.74. The first-order valence-corrected chi connectivity index (χ1v) is 6.99. The third-order valence-electron chi connectivity index (χ3n) is 2.76. The van der Waals surface area contributed by atoms with E-state index in [0.29, 0.717) is 18.1 Å². The molecule has 2 aromatic rings. The first-order chi connectivity index (χ1) is 10.9. The van der Waals surface area contributed by atoms with Crippen molar-refractivity contribution in [1.29, 1.82) is 0 Å². The number of anilines is 3. The van der Waals surface area contributed by atoms with Crippen molar-refractivity contribution in [2.24, 2.45) is 0 Å². The van der Waals surface area contributed by atoms with Crippen molar-refractivity contribution in [2.45, 2.75) is 6.42 Å². The van der Waals surface area contributed by atoms with Crippen LogP contribution in [0.25, 0.3) is 0 Å². The van der Waals surface area contributed by atoms with E-state index in [9.17, 15) is 9.59 Å². The smallest absolute Gasteiger partial charge is 0.335 e. The van der Waals surface area contributed by atoms with E-state index in [1.807, 2.05) is 0 Å². The van der Waals surface area contributed by atoms with Crippen LogP contribution in [0.4, 0.5) is 17.5 Å². The van der Waals surface area contributed by atoms with Crippen LogP contribution in [0.2, 0.25) is 5.15 Å². The standard InChI is InChI=1S/C14H14ClN5O3/c15-10-7-11(20-14(16)19-10)17-5-4-12(21)18-9-3-1-2-8(6-9)13(22)23/h1-3,6-7H,4-5H2,(H,18,21)(H,22,23)(H3,16,17,19,20). The number of hydrogen-bond acceptors (Lipinski definition) is 6. The van der Waals surface area contributed by atoms with Gasteiger partial charge in [0.15, 0.2) is 0 Å². The second kappa shape index (κ2) is 7.41. The quantitative estimate of drug-likeness (QED) is 0.592. The summed E-state index contributed by atoms with van der Waals surface area (Å²) in [6.45, 7) is 0.303. The number of carbonyl (C=O) groups is 2. The van der Waals surface area contributed by atoms with Crippen molar-refractivity contribution >= 4 is 40.9 Å². The molecular formula is C14H14ClN5O3. The van der Waals surface area contributed by atoms with Crippen molar-refractivity contribution in [3.8, 4) is 0 Å². The van der Waals surface area contributed by atoms with E-state index in [4.69, 9.17) is 22.4 Å². The number of amides is 1. The fraction of sp³-hybridized carbons (Fsp3) is 0.143. The summed E-state index contributed by atoms with van der Waals surface area (Å²) in [5, 5.41) is 14.6. The molecule has 0 aliphatic carbocycles. The molecule has 8 nitrogen and oxygen atoms in total. The van der Waals surface area contributed by atoms with Gasteiger partial charge in [-0.15, -0.1) is 0 Å². The van der Waals surface area contributed by atoms with Gasteiger partial charge < -0.3 is 21.5 Å². The van der Waals surface area contributed by atoms with Gasteiger partial charge in [0.25, 0.3) is 0 Å². The maximum absolute atomic E-state index is 11.8. The average molecular weight is 336 g/mol. The topological polar surface area (TPSA) is 130 Å². The number of carbonyl (C=O) groups excluding carboxylic acids is 1. The third-order valence-corrected chi connectivity index (χ3v) is 2.96. The molecule has 0 fully saturated rings. The first kappa shape index (κ1) is 16.5. The second-order valence-corrected chi connectivity index (χ2v) is 4.93. The molecule has 9 heteroatoms. The third kappa shape index (κ3) is 5.11. The van der Waals surface area contributed by atoms with Gasteiger partial charge in [-0.1, -0.05) is 17.7 Å². The Morgan fingerprint density at radius 1 is 1.26 bits per heavy atom. The summed E-state index contributed by atoms with van der Waals surface area (Å²) in [5.41, 5.74) is 5.98. The Balaban J connectivity index is 1.85. The van der Waals surface area contributed by atoms with Crippen LogP contribution < -0.4 is 16.4 Å². The Morgan fingerprint density at radius 2 is 2.04 bits per heavy atom. The highest BCUT2D eigenvalue weighted by Gasteiger charge is 2.07. The number of nitrogen functional groups attached to an aromatic ring is 1. The number of halogens is 1. The van der Waals surface area contributed by atoms with Gasteiger partial charge >= 0.3 is 5.97 Å². The number of aromatic carboxylic acids is 1. The first-order valence-electron chi connectivity index (χ1n) is 6.61. The molecule has 1 heterocycles. The summed E-state index contributed by atoms with van der Waals surface area (Å²) in [6, 6.07) is 7.50. The van der Waals surface area contributed by atoms with Gasteiger partial charge in [-0.25, -0.2) is 9.78 Å². The number of benzene rings is 1. The molecule has 0 aliphatic rings. The molecule has 23 heavy (non-hydrogen) atoms. The molecular weight excluding hydrogens is 322 g/mol. The molecule has 0 bridgehead atoms. The van der Waals surface area contributed by atoms with Gasteiger partial charge in [-0.3, -0.25) is 4.79 Å². The van der Waals surface area contributed by atoms with Gasteiger partial charge in [-0.05, 0) is 18.2 Å². The van der Waals surface area contributed by atoms with Gasteiger partial charge in [0.05, 0.1) is 5.56 Å². The lowest BCUT2D eigenvalue weighted by molar-refractivity contribution is -0.115. The Kier molecular flexibility index (Phi) is 5.32. The lowest BCUT2D eigenvalue weighted by Gasteiger charge is -2.08. The molecule has 0 unspecified atom stereocenters. The molecule has 0 spiro atoms. The second-order valence-electron chi connectivity index (χ2n) is 4.55. The van der Waals surface area contributed by atoms with Crippen LogP contribution in [0.3, 0.4) is 0 Å². The van der Waals surface area contributed by atoms with Gasteiger partial charge in [0.2, 0.25) is 11.9 Å². The zero-order valence-electron chi connectivity index (χ0n) is 11.9. The van der Waals surface area contributed by atoms with Crippen molar-refractivity contribution in [1.82, 2.24) is 9.97 Å². The number of aromatic nitrogens is 2. The number of carboxylic acid groups (broad SMARTS) is 1. The minimum Gasteiger partial charge on any atom is -0.478 e. The van der Waals surface area contributed by atoms with E-state index in [-0.39, 0.29) is 29.0 Å². The van der Waals surface area contributed by atoms with E-state index in [1.165, 1.54) is 18.2 Å². The lowest BCUT2D eigenvalue weighted by atomic mass is 10.2. The molecule has 120 valence electrons. The zero-order chi connectivity index (χ0) is 16.8. The Labute approximate surface area is 136 Å². The van der Waals surface area contributed by atoms with Crippen molar-refractivity contribution in [3.05, 3.63) is 41.0 Å². The normalized spacial score (nSPS) is 10.1. The van der Waals surface area contributed by atoms with Crippen LogP contribution in [0.1, 0.15) is 16.8 Å². The molecule has 0 aliphatic heterocycles. The van der Waals surface area contributed by atoms with E-state index in [1.54, 1.807) is 12.1 Å². The van der Waals surface area contributed by atoms with E-state index in [2.05, 4.69) is 20.6 Å². The summed E-state index contributed by atoms with van der Waals surface area (Å²) in [5.74, 6) is -0.868. The maximum Gasteiger partial charge on any atom is 0.335 e. The SMILES string of the molecule is Nc1nc(Cl)cc(NCCC(=O)Nc2cccc(C(=O)O)c2)n1. The van der Waals surface area contributed by atoms with Crippen molar-refractivity contribution < 1.29 is 14.7 Å². The molecule has 2 rings (SSSR count). The summed E-state index contributed by atoms with van der Waals surface area (Å²) in [6.07, 6.45) is 0.152. The zero-order valence-corrected chi connectivity index (χ0v) is 12.7. The largest absolute Gasteiger partial charge is 0.478 e. The highest BCUT2D eigenvalue weighted by atomic mass is 35.5. The highest BCUT2D eigenvalue weighted by molar-refractivity contribution is 6.29. The number of carboxylic acids is 1. The predicted octanol–water partition coefficient (Wildman–Crippen LogP) is 1.85. The Bertz CT molecular complexity index is 718. The van der Waals surface area contributed by atoms with Gasteiger partial charge in [0.1, 0.15) is 11.0 Å². The minimum absolute atomic E-state index is 0.0370. The van der Waals surface area contributed by atoms with Crippen LogP contribution in [0, 0.1) is 0 Å². The molecule has 1 aromatic heterocycles. The van der Waals surface area contributed by atoms with Crippen LogP contribution >= 0.6 is 11.6 Å². The average Bonchev–Trinajstić information content (AvgIpc) is 2.46.